The monoisotopic (exact) mass is 350 g/mol. The van der Waals surface area contributed by atoms with Crippen LogP contribution in [0.3, 0.4) is 0 Å². The van der Waals surface area contributed by atoms with Gasteiger partial charge >= 0.3 is 5.97 Å². The molecule has 2 bridgehead atoms. The van der Waals surface area contributed by atoms with Crippen LogP contribution < -0.4 is 0 Å². The number of ketones is 1. The van der Waals surface area contributed by atoms with E-state index >= 15 is 0 Å². The van der Waals surface area contributed by atoms with E-state index in [1.165, 1.54) is 0 Å². The summed E-state index contributed by atoms with van der Waals surface area (Å²) in [6.45, 7) is 4.08. The first-order valence-corrected chi connectivity index (χ1v) is 9.72. The maximum Gasteiger partial charge on any atom is 0.312 e. The van der Waals surface area contributed by atoms with Crippen molar-refractivity contribution < 1.29 is 28.8 Å². The quantitative estimate of drug-likeness (QED) is 0.535. The zero-order valence-electron chi connectivity index (χ0n) is 14.9. The number of Topliss-reactive ketones (excluding diaryl/α,β-unsaturated/α-hetero) is 1. The number of hydrogen-bond donors (Lipinski definition) is 0. The highest BCUT2D eigenvalue weighted by Crippen LogP contribution is 2.61. The number of fused-ring (bicyclic) bond motifs is 2. The lowest BCUT2D eigenvalue weighted by Crippen LogP contribution is -2.70. The topological polar surface area (TPSA) is 71.1 Å². The summed E-state index contributed by atoms with van der Waals surface area (Å²) >= 11 is 0. The second kappa shape index (κ2) is 5.27. The van der Waals surface area contributed by atoms with Crippen molar-refractivity contribution in [2.75, 3.05) is 0 Å². The predicted molar refractivity (Wildman–Crippen MR) is 84.7 cm³/mol. The molecule has 4 heterocycles. The van der Waals surface area contributed by atoms with Gasteiger partial charge in [-0.25, -0.2) is 9.78 Å². The van der Waals surface area contributed by atoms with Crippen LogP contribution in [0, 0.1) is 29.6 Å². The van der Waals surface area contributed by atoms with E-state index in [0.29, 0.717) is 12.3 Å². The average Bonchev–Trinajstić information content (AvgIpc) is 2.85. The van der Waals surface area contributed by atoms with Crippen LogP contribution in [0.2, 0.25) is 0 Å². The molecule has 0 radical (unpaired) electrons. The van der Waals surface area contributed by atoms with Crippen molar-refractivity contribution in [2.45, 2.75) is 76.5 Å². The van der Waals surface area contributed by atoms with Crippen LogP contribution in [0.4, 0.5) is 0 Å². The second-order valence-electron chi connectivity index (χ2n) is 8.84. The van der Waals surface area contributed by atoms with Gasteiger partial charge in [0.05, 0.1) is 5.92 Å². The molecule has 1 spiro atoms. The molecule has 1 unspecified atom stereocenters. The van der Waals surface area contributed by atoms with Crippen molar-refractivity contribution in [3.63, 3.8) is 0 Å². The highest BCUT2D eigenvalue weighted by atomic mass is 17.3. The molecule has 6 nitrogen and oxygen atoms in total. The molecular weight excluding hydrogens is 324 g/mol. The van der Waals surface area contributed by atoms with Gasteiger partial charge in [-0.05, 0) is 44.9 Å². The van der Waals surface area contributed by atoms with Crippen LogP contribution in [0.15, 0.2) is 0 Å². The van der Waals surface area contributed by atoms with Gasteiger partial charge < -0.3 is 9.47 Å². The van der Waals surface area contributed by atoms with Crippen LogP contribution in [0.25, 0.3) is 0 Å². The maximum absolute atomic E-state index is 12.9. The molecule has 0 amide bonds. The molecule has 0 aromatic carbocycles. The lowest BCUT2D eigenvalue weighted by Gasteiger charge is -2.58. The van der Waals surface area contributed by atoms with E-state index in [1.807, 2.05) is 6.92 Å². The maximum atomic E-state index is 12.9. The molecule has 25 heavy (non-hydrogen) atoms. The Balaban J connectivity index is 1.60. The van der Waals surface area contributed by atoms with Crippen LogP contribution in [-0.2, 0) is 28.8 Å². The predicted octanol–water partition coefficient (Wildman–Crippen LogP) is 2.74. The smallest absolute Gasteiger partial charge is 0.312 e. The van der Waals surface area contributed by atoms with Gasteiger partial charge in [-0.1, -0.05) is 6.92 Å². The van der Waals surface area contributed by atoms with Crippen molar-refractivity contribution in [3.05, 3.63) is 0 Å². The minimum atomic E-state index is -0.867. The van der Waals surface area contributed by atoms with Crippen molar-refractivity contribution in [1.29, 1.82) is 0 Å². The van der Waals surface area contributed by atoms with E-state index in [0.717, 1.165) is 38.5 Å². The Morgan fingerprint density at radius 3 is 2.64 bits per heavy atom. The molecule has 4 aliphatic heterocycles. The number of rotatable bonds is 1. The van der Waals surface area contributed by atoms with Gasteiger partial charge in [-0.2, -0.15) is 0 Å². The molecule has 2 saturated carbocycles. The summed E-state index contributed by atoms with van der Waals surface area (Å²) < 4.78 is 11.9. The van der Waals surface area contributed by atoms with E-state index in [1.54, 1.807) is 0 Å². The molecular formula is C19H26O6. The Morgan fingerprint density at radius 2 is 1.88 bits per heavy atom. The molecule has 6 fully saturated rings. The zero-order chi connectivity index (χ0) is 17.4. The fourth-order valence-electron chi connectivity index (χ4n) is 6.22. The van der Waals surface area contributed by atoms with Gasteiger partial charge in [-0.3, -0.25) is 9.59 Å². The third kappa shape index (κ3) is 2.07. The van der Waals surface area contributed by atoms with Crippen molar-refractivity contribution in [3.8, 4) is 0 Å². The molecule has 6 rings (SSSR count). The molecule has 8 atom stereocenters. The lowest BCUT2D eigenvalue weighted by atomic mass is 9.56. The Hall–Kier alpha value is -0.980. The number of esters is 1. The molecule has 6 aliphatic rings. The standard InChI is InChI=1S/C19H26O6/c1-10-6-7-13-15(11-4-3-5-14(11)20)16(21)22-17-19(13)12(10)8-9-18(2,23-17)24-25-19/h10-13,15,17H,3-9H2,1-2H3/t10-,11?,12+,13+,15+,17-,18-,19-/m1/s1. The van der Waals surface area contributed by atoms with Crippen LogP contribution in [0.5, 0.6) is 0 Å². The van der Waals surface area contributed by atoms with Crippen LogP contribution >= 0.6 is 0 Å². The van der Waals surface area contributed by atoms with Gasteiger partial charge in [0, 0.05) is 30.6 Å². The van der Waals surface area contributed by atoms with Gasteiger partial charge in [0.2, 0.25) is 12.1 Å². The number of hydrogen-bond acceptors (Lipinski definition) is 6. The van der Waals surface area contributed by atoms with Crippen molar-refractivity contribution >= 4 is 11.8 Å². The normalized spacial score (nSPS) is 54.8. The van der Waals surface area contributed by atoms with Gasteiger partial charge in [0.25, 0.3) is 0 Å². The molecule has 4 saturated heterocycles. The van der Waals surface area contributed by atoms with Gasteiger partial charge in [-0.15, -0.1) is 0 Å². The summed E-state index contributed by atoms with van der Waals surface area (Å²) in [6.07, 6.45) is 5.01. The summed E-state index contributed by atoms with van der Waals surface area (Å²) in [5.41, 5.74) is -0.769. The fourth-order valence-corrected chi connectivity index (χ4v) is 6.22. The summed E-state index contributed by atoms with van der Waals surface area (Å²) in [4.78, 5) is 37.1. The Labute approximate surface area is 147 Å². The first-order valence-electron chi connectivity index (χ1n) is 9.72. The first-order chi connectivity index (χ1) is 11.9. The summed E-state index contributed by atoms with van der Waals surface area (Å²) in [7, 11) is 0. The van der Waals surface area contributed by atoms with Crippen LogP contribution in [-0.4, -0.2) is 29.4 Å². The van der Waals surface area contributed by atoms with Crippen molar-refractivity contribution in [1.82, 2.24) is 0 Å². The SMILES string of the molecule is C[C@@H]1CC[C@H]2[C@H](C3CCCC3=O)C(=O)O[C@@H]3O[C@@]4(C)CC[C@@H]1[C@]32OO4. The summed E-state index contributed by atoms with van der Waals surface area (Å²) in [5, 5.41) is 0. The molecule has 0 N–H and O–H groups in total. The Bertz CT molecular complexity index is 619. The largest absolute Gasteiger partial charge is 0.432 e. The first kappa shape index (κ1) is 16.2. The van der Waals surface area contributed by atoms with E-state index in [4.69, 9.17) is 19.2 Å². The van der Waals surface area contributed by atoms with Gasteiger partial charge in [0.1, 0.15) is 5.78 Å². The van der Waals surface area contributed by atoms with Crippen LogP contribution in [0.1, 0.15) is 58.8 Å². The lowest BCUT2D eigenvalue weighted by molar-refractivity contribution is -0.559. The van der Waals surface area contributed by atoms with E-state index < -0.39 is 23.6 Å². The van der Waals surface area contributed by atoms with E-state index in [-0.39, 0.29) is 29.5 Å². The highest BCUT2D eigenvalue weighted by Gasteiger charge is 2.71. The minimum absolute atomic E-state index is 0.0744. The molecule has 138 valence electrons. The minimum Gasteiger partial charge on any atom is -0.432 e. The fraction of sp³-hybridized carbons (Fsp3) is 0.895. The Morgan fingerprint density at radius 1 is 1.04 bits per heavy atom. The zero-order valence-corrected chi connectivity index (χ0v) is 14.9. The molecule has 0 aromatic heterocycles. The van der Waals surface area contributed by atoms with Crippen molar-refractivity contribution in [2.24, 2.45) is 29.6 Å². The summed E-state index contributed by atoms with van der Waals surface area (Å²) in [5.74, 6) is -1.02. The second-order valence-corrected chi connectivity index (χ2v) is 8.84. The van der Waals surface area contributed by atoms with E-state index in [9.17, 15) is 9.59 Å². The average molecular weight is 350 g/mol. The van der Waals surface area contributed by atoms with E-state index in [2.05, 4.69) is 6.92 Å². The third-order valence-electron chi connectivity index (χ3n) is 7.49. The number of carbonyl (C=O) groups is 2. The third-order valence-corrected chi connectivity index (χ3v) is 7.49. The number of carbonyl (C=O) groups excluding carboxylic acids is 2. The molecule has 0 aromatic rings. The summed E-state index contributed by atoms with van der Waals surface area (Å²) in [6, 6.07) is 0. The highest BCUT2D eigenvalue weighted by molar-refractivity contribution is 5.89. The Kier molecular flexibility index (Phi) is 3.42. The number of ether oxygens (including phenoxy) is 2. The molecule has 2 aliphatic carbocycles. The molecule has 6 heteroatoms. The van der Waals surface area contributed by atoms with Gasteiger partial charge in [0.15, 0.2) is 5.60 Å².